The van der Waals surface area contributed by atoms with Crippen molar-refractivity contribution in [1.82, 2.24) is 9.55 Å². The molecule has 0 unspecified atom stereocenters. The Hall–Kier alpha value is -3.77. The van der Waals surface area contributed by atoms with Gasteiger partial charge in [-0.2, -0.15) is 0 Å². The maximum Gasteiger partial charge on any atom is 0.396 e. The molecule has 0 radical (unpaired) electrons. The van der Waals surface area contributed by atoms with Gasteiger partial charge in [0.05, 0.1) is 26.9 Å². The Kier molecular flexibility index (Phi) is 8.17. The van der Waals surface area contributed by atoms with Crippen LogP contribution in [0.5, 0.6) is 11.5 Å². The molecule has 3 aromatic carbocycles. The number of benzene rings is 3. The molecule has 1 aliphatic heterocycles. The van der Waals surface area contributed by atoms with Crippen molar-refractivity contribution in [3.05, 3.63) is 117 Å². The minimum Gasteiger partial charge on any atom is -0.497 e. The van der Waals surface area contributed by atoms with Gasteiger partial charge in [0.15, 0.2) is 4.60 Å². The molecular weight excluding hydrogens is 582 g/mol. The van der Waals surface area contributed by atoms with Gasteiger partial charge >= 0.3 is 5.82 Å². The molecule has 1 aliphatic rings. The van der Waals surface area contributed by atoms with E-state index < -0.39 is 29.0 Å². The zero-order valence-electron chi connectivity index (χ0n) is 21.8. The molecule has 2 heterocycles. The van der Waals surface area contributed by atoms with E-state index >= 15 is 0 Å². The lowest BCUT2D eigenvalue weighted by Gasteiger charge is -2.37. The Bertz CT molecular complexity index is 1400. The third kappa shape index (κ3) is 5.20. The van der Waals surface area contributed by atoms with Crippen molar-refractivity contribution in [3.8, 4) is 11.5 Å². The van der Waals surface area contributed by atoms with Crippen molar-refractivity contribution in [3.63, 3.8) is 0 Å². The molecule has 0 bridgehead atoms. The molecule has 0 aliphatic carbocycles. The lowest BCUT2D eigenvalue weighted by molar-refractivity contribution is -0.390. The number of aliphatic hydroxyl groups excluding tert-OH is 1. The quantitative estimate of drug-likeness (QED) is 0.147. The zero-order valence-corrected chi connectivity index (χ0v) is 23.4. The normalized spacial score (nSPS) is 18.9. The Balaban J connectivity index is 1.52. The summed E-state index contributed by atoms with van der Waals surface area (Å²) >= 11 is 3.23. The number of nitro groups is 1. The third-order valence-electron chi connectivity index (χ3n) is 7.04. The second kappa shape index (κ2) is 11.8. The van der Waals surface area contributed by atoms with Crippen LogP contribution in [0, 0.1) is 10.1 Å². The van der Waals surface area contributed by atoms with Gasteiger partial charge in [0.2, 0.25) is 6.33 Å². The molecule has 1 fully saturated rings. The van der Waals surface area contributed by atoms with E-state index in [1.807, 2.05) is 78.9 Å². The number of halogens is 1. The van der Waals surface area contributed by atoms with Crippen LogP contribution < -0.4 is 9.47 Å². The molecule has 0 spiro atoms. The van der Waals surface area contributed by atoms with Gasteiger partial charge in [0.1, 0.15) is 29.4 Å². The number of rotatable bonds is 10. The van der Waals surface area contributed by atoms with Crippen LogP contribution in [-0.4, -0.2) is 52.6 Å². The molecule has 11 heteroatoms. The van der Waals surface area contributed by atoms with Crippen LogP contribution in [0.2, 0.25) is 0 Å². The molecule has 0 saturated carbocycles. The maximum atomic E-state index is 11.3. The summed E-state index contributed by atoms with van der Waals surface area (Å²) in [6.45, 7) is 0.0268. The Morgan fingerprint density at radius 2 is 1.55 bits per heavy atom. The molecule has 4 aromatic rings. The van der Waals surface area contributed by atoms with Crippen molar-refractivity contribution in [2.24, 2.45) is 0 Å². The van der Waals surface area contributed by atoms with Crippen LogP contribution in [0.15, 0.2) is 89.8 Å². The van der Waals surface area contributed by atoms with E-state index in [4.69, 9.17) is 18.9 Å². The summed E-state index contributed by atoms with van der Waals surface area (Å²) in [5, 5.41) is 22.2. The molecule has 1 saturated heterocycles. The van der Waals surface area contributed by atoms with Crippen LogP contribution in [0.4, 0.5) is 5.82 Å². The van der Waals surface area contributed by atoms with Gasteiger partial charge in [0, 0.05) is 6.42 Å². The average molecular weight is 610 g/mol. The molecule has 40 heavy (non-hydrogen) atoms. The predicted molar refractivity (Wildman–Crippen MR) is 149 cm³/mol. The first-order valence-corrected chi connectivity index (χ1v) is 13.4. The largest absolute Gasteiger partial charge is 0.497 e. The fourth-order valence-corrected chi connectivity index (χ4v) is 5.54. The highest BCUT2D eigenvalue weighted by Crippen LogP contribution is 2.43. The summed E-state index contributed by atoms with van der Waals surface area (Å²) in [6, 6.07) is 25.1. The highest BCUT2D eigenvalue weighted by atomic mass is 79.9. The second-order valence-electron chi connectivity index (χ2n) is 9.27. The summed E-state index contributed by atoms with van der Waals surface area (Å²) in [6.07, 6.45) is -0.709. The lowest BCUT2D eigenvalue weighted by atomic mass is 9.80. The van der Waals surface area contributed by atoms with Crippen LogP contribution in [0.1, 0.15) is 29.3 Å². The number of aromatic nitrogens is 2. The first kappa shape index (κ1) is 27.8. The van der Waals surface area contributed by atoms with E-state index in [2.05, 4.69) is 20.9 Å². The van der Waals surface area contributed by atoms with Crippen LogP contribution in [-0.2, 0) is 15.1 Å². The topological polar surface area (TPSA) is 118 Å². The number of ether oxygens (including phenoxy) is 4. The highest BCUT2D eigenvalue weighted by molar-refractivity contribution is 9.10. The summed E-state index contributed by atoms with van der Waals surface area (Å²) in [5.74, 6) is 1.09. The summed E-state index contributed by atoms with van der Waals surface area (Å²) in [4.78, 5) is 14.5. The molecule has 0 amide bonds. The maximum absolute atomic E-state index is 11.3. The molecule has 1 aromatic heterocycles. The van der Waals surface area contributed by atoms with Crippen molar-refractivity contribution < 1.29 is 29.0 Å². The van der Waals surface area contributed by atoms with E-state index in [0.29, 0.717) is 11.5 Å². The van der Waals surface area contributed by atoms with Gasteiger partial charge in [0.25, 0.3) is 0 Å². The fraction of sp³-hybridized carbons (Fsp3) is 0.276. The van der Waals surface area contributed by atoms with E-state index in [1.54, 1.807) is 14.2 Å². The molecular formula is C29H28BrN3O7. The van der Waals surface area contributed by atoms with Gasteiger partial charge in [-0.05, 0) is 66.8 Å². The number of hydrogen-bond acceptors (Lipinski definition) is 8. The SMILES string of the molecule is COc1ccc(C(OC[C@H]2O[C@@H](n3cnc([N+](=O)[O-])c3Br)C[C@@H]2O)(c2ccccc2)c2ccc(OC)cc2)cc1. The fourth-order valence-electron chi connectivity index (χ4n) is 4.98. The summed E-state index contributed by atoms with van der Waals surface area (Å²) < 4.78 is 25.5. The van der Waals surface area contributed by atoms with Crippen LogP contribution in [0.25, 0.3) is 0 Å². The number of methoxy groups -OCH3 is 2. The molecule has 10 nitrogen and oxygen atoms in total. The van der Waals surface area contributed by atoms with Gasteiger partial charge < -0.3 is 34.2 Å². The minimum absolute atomic E-state index is 0.0268. The smallest absolute Gasteiger partial charge is 0.396 e. The molecule has 1 N–H and O–H groups in total. The first-order valence-electron chi connectivity index (χ1n) is 12.6. The van der Waals surface area contributed by atoms with Gasteiger partial charge in [-0.15, -0.1) is 0 Å². The van der Waals surface area contributed by atoms with Crippen molar-refractivity contribution >= 4 is 21.7 Å². The van der Waals surface area contributed by atoms with Crippen molar-refractivity contribution in [2.75, 3.05) is 20.8 Å². The predicted octanol–water partition coefficient (Wildman–Crippen LogP) is 5.23. The Labute approximate surface area is 239 Å². The van der Waals surface area contributed by atoms with Crippen LogP contribution in [0.3, 0.4) is 0 Å². The Morgan fingerprint density at radius 1 is 1.00 bits per heavy atom. The van der Waals surface area contributed by atoms with Crippen molar-refractivity contribution in [2.45, 2.75) is 30.5 Å². The summed E-state index contributed by atoms with van der Waals surface area (Å²) in [5.41, 5.74) is 1.50. The highest BCUT2D eigenvalue weighted by Gasteiger charge is 2.42. The van der Waals surface area contributed by atoms with E-state index in [9.17, 15) is 15.2 Å². The minimum atomic E-state index is -1.07. The van der Waals surface area contributed by atoms with Gasteiger partial charge in [-0.25, -0.2) is 0 Å². The van der Waals surface area contributed by atoms with Gasteiger partial charge in [-0.1, -0.05) is 54.6 Å². The first-order chi connectivity index (χ1) is 19.4. The molecule has 5 rings (SSSR count). The number of hydrogen-bond donors (Lipinski definition) is 1. The average Bonchev–Trinajstić information content (AvgIpc) is 3.56. The number of imidazole rings is 1. The van der Waals surface area contributed by atoms with Crippen molar-refractivity contribution in [1.29, 1.82) is 0 Å². The number of aliphatic hydroxyl groups is 1. The van der Waals surface area contributed by atoms with E-state index in [1.165, 1.54) is 10.9 Å². The Morgan fingerprint density at radius 3 is 2.05 bits per heavy atom. The third-order valence-corrected chi connectivity index (χ3v) is 7.80. The molecule has 208 valence electrons. The van der Waals surface area contributed by atoms with E-state index in [0.717, 1.165) is 16.7 Å². The number of nitrogens with zero attached hydrogens (tertiary/aromatic N) is 3. The zero-order chi connectivity index (χ0) is 28.3. The monoisotopic (exact) mass is 609 g/mol. The molecule has 3 atom stereocenters. The second-order valence-corrected chi connectivity index (χ2v) is 10.0. The van der Waals surface area contributed by atoms with E-state index in [-0.39, 0.29) is 23.4 Å². The van der Waals surface area contributed by atoms with Crippen LogP contribution >= 0.6 is 15.9 Å². The van der Waals surface area contributed by atoms with Gasteiger partial charge in [-0.3, -0.25) is 4.57 Å². The standard InChI is InChI=1S/C29H28BrN3O7/c1-37-22-12-8-20(9-13-22)29(19-6-4-3-5-7-19,21-10-14-23(38-2)15-11-21)39-17-25-24(34)16-26(40-25)32-18-31-28(27(32)30)33(35)36/h3-15,18,24-26,34H,16-17H2,1-2H3/t24-,25+,26+/m0/s1. The lowest BCUT2D eigenvalue weighted by Crippen LogP contribution is -2.38. The summed E-state index contributed by atoms with van der Waals surface area (Å²) in [7, 11) is 3.23.